The molecule has 16 rings (SSSR count). The van der Waals surface area contributed by atoms with Crippen LogP contribution in [0.4, 0.5) is 22.7 Å². The van der Waals surface area contributed by atoms with E-state index in [-0.39, 0.29) is 41.9 Å². The molecule has 5 aliphatic rings. The van der Waals surface area contributed by atoms with E-state index in [0.717, 1.165) is 114 Å². The predicted molar refractivity (Wildman–Crippen MR) is 521 cm³/mol. The van der Waals surface area contributed by atoms with Gasteiger partial charge in [-0.3, -0.25) is 19.2 Å². The molecule has 4 heterocycles. The number of carbonyl (C=O) groups is 4. The second-order valence-electron chi connectivity index (χ2n) is 33.6. The summed E-state index contributed by atoms with van der Waals surface area (Å²) in [5.41, 5.74) is 13.4. The molecule has 1 aliphatic carbocycles. The molecule has 4 amide bonds. The third-order valence-electron chi connectivity index (χ3n) is 24.8. The number of halogens is 8. The zero-order valence-corrected chi connectivity index (χ0v) is 78.8. The minimum absolute atomic E-state index is 0.0349. The van der Waals surface area contributed by atoms with Crippen molar-refractivity contribution in [1.82, 2.24) is 19.6 Å². The second kappa shape index (κ2) is 44.8. The van der Waals surface area contributed by atoms with Crippen LogP contribution in [0.5, 0.6) is 0 Å². The predicted octanol–water partition coefficient (Wildman–Crippen LogP) is 24.8. The first-order valence-electron chi connectivity index (χ1n) is 43.4. The summed E-state index contributed by atoms with van der Waals surface area (Å²) in [5.74, 6) is 0.647. The maximum atomic E-state index is 13.5. The SMILES string of the molecule is COC(C(=O)N1CCN(c2ccc(C)cc2Cl)[C@H](c2ccc(Cl)cc2)C1)c1ccccc1.CO[C@@H](C(=O)N1CCN(c2ccc(C)cc2Cl)[C@H](c2ccc(Cl)cc2)C1)c1ccccc1.Cc1ccc(N2CCN(C(=O)CCC3CCCCC3)C[C@H]2c2ccc(Cl)cc2)c(Cl)c1.Cc1ccc(N2CCN(C(=O)[C@](C)(O)c3ccccc3)C[C@H]2c2ccc(Cl)cc2)c(Cl)c1. The van der Waals surface area contributed by atoms with Crippen LogP contribution < -0.4 is 19.6 Å². The van der Waals surface area contributed by atoms with Crippen molar-refractivity contribution in [3.63, 3.8) is 0 Å². The van der Waals surface area contributed by atoms with Crippen molar-refractivity contribution in [1.29, 1.82) is 0 Å². The van der Waals surface area contributed by atoms with Gasteiger partial charge < -0.3 is 53.8 Å². The number of aliphatic hydroxyl groups is 1. The molecule has 11 aromatic carbocycles. The molecule has 127 heavy (non-hydrogen) atoms. The van der Waals surface area contributed by atoms with Crippen LogP contribution in [-0.2, 0) is 34.3 Å². The van der Waals surface area contributed by atoms with E-state index in [4.69, 9.17) is 102 Å². The summed E-state index contributed by atoms with van der Waals surface area (Å²) < 4.78 is 11.2. The number of benzene rings is 11. The molecule has 11 aromatic rings. The maximum absolute atomic E-state index is 13.5. The number of anilines is 4. The number of hydrogen-bond donors (Lipinski definition) is 1. The second-order valence-corrected chi connectivity index (χ2v) is 36.9. The molecule has 1 N–H and O–H groups in total. The van der Waals surface area contributed by atoms with Crippen LogP contribution in [0.1, 0.15) is 149 Å². The van der Waals surface area contributed by atoms with Crippen LogP contribution in [0.15, 0.2) is 261 Å². The number of piperazine rings is 4. The average molecular weight is 1870 g/mol. The highest BCUT2D eigenvalue weighted by molar-refractivity contribution is 6.35. The lowest BCUT2D eigenvalue weighted by Crippen LogP contribution is -2.55. The number of nitrogens with zero attached hydrogens (tertiary/aromatic N) is 8. The van der Waals surface area contributed by atoms with Crippen LogP contribution in [0.2, 0.25) is 40.2 Å². The summed E-state index contributed by atoms with van der Waals surface area (Å²) in [5, 5.41) is 16.7. The van der Waals surface area contributed by atoms with E-state index in [0.29, 0.717) is 113 Å². The number of methoxy groups -OCH3 is 2. The van der Waals surface area contributed by atoms with E-state index in [2.05, 4.69) is 80.0 Å². The Kier molecular flexibility index (Phi) is 33.6. The molecule has 0 aromatic heterocycles. The fourth-order valence-electron chi connectivity index (χ4n) is 17.9. The Labute approximate surface area is 788 Å². The van der Waals surface area contributed by atoms with Gasteiger partial charge in [0.1, 0.15) is 0 Å². The van der Waals surface area contributed by atoms with Gasteiger partial charge in [-0.25, -0.2) is 0 Å². The average Bonchev–Trinajstić information content (AvgIpc) is 0.808. The molecular weight excluding hydrogens is 1760 g/mol. The van der Waals surface area contributed by atoms with Crippen molar-refractivity contribution in [2.75, 3.05) is 112 Å². The van der Waals surface area contributed by atoms with E-state index in [1.54, 1.807) is 38.2 Å². The van der Waals surface area contributed by atoms with Crippen molar-refractivity contribution in [2.45, 2.75) is 122 Å². The summed E-state index contributed by atoms with van der Waals surface area (Å²) in [4.78, 5) is 70.1. The summed E-state index contributed by atoms with van der Waals surface area (Å²) >= 11 is 51.0. The Morgan fingerprint density at radius 2 is 0.646 bits per heavy atom. The largest absolute Gasteiger partial charge is 0.376 e. The van der Waals surface area contributed by atoms with Gasteiger partial charge in [-0.1, -0.05) is 289 Å². The van der Waals surface area contributed by atoms with Crippen molar-refractivity contribution in [3.05, 3.63) is 362 Å². The topological polar surface area (TPSA) is 133 Å². The first kappa shape index (κ1) is 95.3. The highest BCUT2D eigenvalue weighted by Gasteiger charge is 2.42. The van der Waals surface area contributed by atoms with Crippen molar-refractivity contribution in [2.24, 2.45) is 5.92 Å². The molecule has 0 radical (unpaired) electrons. The highest BCUT2D eigenvalue weighted by Crippen LogP contribution is 2.44. The van der Waals surface area contributed by atoms with Crippen LogP contribution in [-0.4, -0.2) is 141 Å². The molecule has 4 aliphatic heterocycles. The molecule has 664 valence electrons. The maximum Gasteiger partial charge on any atom is 0.259 e. The molecule has 7 atom stereocenters. The third kappa shape index (κ3) is 24.2. The molecule has 1 saturated carbocycles. The van der Waals surface area contributed by atoms with E-state index in [1.807, 2.05) is 231 Å². The van der Waals surface area contributed by atoms with Gasteiger partial charge in [0.05, 0.1) is 67.0 Å². The summed E-state index contributed by atoms with van der Waals surface area (Å²) in [7, 11) is 3.16. The zero-order chi connectivity index (χ0) is 90.0. The van der Waals surface area contributed by atoms with Gasteiger partial charge in [0.15, 0.2) is 17.8 Å². The molecule has 15 nitrogen and oxygen atoms in total. The van der Waals surface area contributed by atoms with Crippen LogP contribution in [0, 0.1) is 33.6 Å². The minimum atomic E-state index is -1.60. The normalized spacial score (nSPS) is 18.3. The smallest absolute Gasteiger partial charge is 0.259 e. The Morgan fingerprint density at radius 1 is 0.362 bits per heavy atom. The third-order valence-corrected chi connectivity index (χ3v) is 27.0. The molecule has 0 bridgehead atoms. The number of carbonyl (C=O) groups excluding carboxylic acids is 4. The lowest BCUT2D eigenvalue weighted by Gasteiger charge is -2.45. The molecular formula is C104H110Cl8N8O7. The van der Waals surface area contributed by atoms with E-state index in [9.17, 15) is 24.3 Å². The van der Waals surface area contributed by atoms with Gasteiger partial charge in [-0.15, -0.1) is 0 Å². The standard InChI is InChI=1S/3C26H26Cl2N2O2.C26H32Cl2N2O/c1-18-8-13-23(22(28)16-18)30-15-14-29(17-24(30)19-9-11-21(27)12-10-19)25(31)26(2,32)20-6-4-3-5-7-20;2*1-18-8-13-23(22(28)16-18)30-15-14-29(17-24(30)19-9-11-21(27)12-10-19)26(31)25(32-2)20-6-4-3-5-7-20;1-19-7-13-24(23(28)17-19)30-16-15-29(18-25(30)21-9-11-22(27)12-10-21)26(31)14-8-20-5-3-2-4-6-20/h3-13,16,24,32H,14-15,17H2,1-2H3;2*3-13,16,24-25H,14-15,17H2,1-2H3;7,9-13,17,20,25H,2-6,8,14-16,18H2,1H3/t24-,26+;24-,25?;24-,25+;25-/m0000/s1. The number of rotatable bonds is 19. The Balaban J connectivity index is 0.000000145. The lowest BCUT2D eigenvalue weighted by molar-refractivity contribution is -0.151. The Hall–Kier alpha value is -9.30. The fourth-order valence-corrected chi connectivity index (χ4v) is 19.7. The number of aryl methyl sites for hydroxylation is 4. The molecule has 1 unspecified atom stereocenters. The lowest BCUT2D eigenvalue weighted by atomic mass is 9.86. The Bertz CT molecular complexity index is 5320. The van der Waals surface area contributed by atoms with Crippen LogP contribution in [0.25, 0.3) is 0 Å². The summed E-state index contributed by atoms with van der Waals surface area (Å²) in [6.45, 7) is 16.9. The van der Waals surface area contributed by atoms with Gasteiger partial charge in [-0.05, 0) is 205 Å². The quantitative estimate of drug-likeness (QED) is 0.0829. The van der Waals surface area contributed by atoms with Gasteiger partial charge in [0.25, 0.3) is 17.7 Å². The molecule has 23 heteroatoms. The first-order valence-corrected chi connectivity index (χ1v) is 46.5. The minimum Gasteiger partial charge on any atom is -0.376 e. The summed E-state index contributed by atoms with van der Waals surface area (Å²) in [6, 6.07) is 83.8. The van der Waals surface area contributed by atoms with Crippen molar-refractivity contribution in [3.8, 4) is 0 Å². The van der Waals surface area contributed by atoms with Gasteiger partial charge >= 0.3 is 0 Å². The van der Waals surface area contributed by atoms with E-state index in [1.165, 1.54) is 32.1 Å². The van der Waals surface area contributed by atoms with Crippen molar-refractivity contribution >= 4 is 139 Å². The van der Waals surface area contributed by atoms with E-state index < -0.39 is 17.8 Å². The number of amides is 4. The van der Waals surface area contributed by atoms with Crippen LogP contribution in [0.3, 0.4) is 0 Å². The fraction of sp³-hybridized carbons (Fsp3) is 0.327. The van der Waals surface area contributed by atoms with Gasteiger partial charge in [0.2, 0.25) is 5.91 Å². The molecule has 0 spiro atoms. The first-order chi connectivity index (χ1) is 61.2. The van der Waals surface area contributed by atoms with Gasteiger partial charge in [0, 0.05) is 119 Å². The van der Waals surface area contributed by atoms with Gasteiger partial charge in [-0.2, -0.15) is 0 Å². The monoisotopic (exact) mass is 1860 g/mol. The molecule has 5 fully saturated rings. The zero-order valence-electron chi connectivity index (χ0n) is 72.8. The van der Waals surface area contributed by atoms with Crippen molar-refractivity contribution < 1.29 is 33.8 Å². The van der Waals surface area contributed by atoms with Crippen LogP contribution >= 0.6 is 92.8 Å². The number of hydrogen-bond acceptors (Lipinski definition) is 11. The molecule has 4 saturated heterocycles. The summed E-state index contributed by atoms with van der Waals surface area (Å²) in [6.07, 6.45) is 7.05. The Morgan fingerprint density at radius 3 is 0.953 bits per heavy atom. The highest BCUT2D eigenvalue weighted by atomic mass is 35.5. The van der Waals surface area contributed by atoms with E-state index >= 15 is 0 Å². The number of ether oxygens (including phenoxy) is 2.